The van der Waals surface area contributed by atoms with E-state index in [0.29, 0.717) is 16.8 Å². The molecule has 1 aromatic heterocycles. The molecule has 3 aliphatic rings. The van der Waals surface area contributed by atoms with Gasteiger partial charge in [0.05, 0.1) is 10.9 Å². The second-order valence-corrected chi connectivity index (χ2v) is 9.18. The SMILES string of the molecule is CN(C)c1cc(N2CC3(CC(OCC4CCOCC4)CS3)C2)ncn1. The summed E-state index contributed by atoms with van der Waals surface area (Å²) in [6.07, 6.45) is 5.56. The van der Waals surface area contributed by atoms with Crippen LogP contribution in [0.3, 0.4) is 0 Å². The van der Waals surface area contributed by atoms with Crippen LogP contribution in [0.2, 0.25) is 0 Å². The molecule has 3 saturated heterocycles. The van der Waals surface area contributed by atoms with Crippen LogP contribution in [0.1, 0.15) is 19.3 Å². The molecule has 3 aliphatic heterocycles. The molecule has 4 heterocycles. The number of aromatic nitrogens is 2. The molecule has 0 bridgehead atoms. The third-order valence-electron chi connectivity index (χ3n) is 5.46. The van der Waals surface area contributed by atoms with Crippen molar-refractivity contribution < 1.29 is 9.47 Å². The molecule has 4 rings (SSSR count). The summed E-state index contributed by atoms with van der Waals surface area (Å²) >= 11 is 2.09. The lowest BCUT2D eigenvalue weighted by Crippen LogP contribution is -2.59. The van der Waals surface area contributed by atoms with Crippen LogP contribution in [0.4, 0.5) is 11.6 Å². The van der Waals surface area contributed by atoms with Gasteiger partial charge in [-0.15, -0.1) is 11.8 Å². The molecule has 1 atom stereocenters. The summed E-state index contributed by atoms with van der Waals surface area (Å²) in [5, 5.41) is 0. The first-order valence-corrected chi connectivity index (χ1v) is 10.2. The smallest absolute Gasteiger partial charge is 0.134 e. The van der Waals surface area contributed by atoms with Crippen molar-refractivity contribution in [2.45, 2.75) is 30.1 Å². The summed E-state index contributed by atoms with van der Waals surface area (Å²) in [5.74, 6) is 3.82. The largest absolute Gasteiger partial charge is 0.381 e. The molecular weight excluding hydrogens is 336 g/mol. The van der Waals surface area contributed by atoms with Crippen LogP contribution in [0.5, 0.6) is 0 Å². The summed E-state index contributed by atoms with van der Waals surface area (Å²) in [4.78, 5) is 13.1. The zero-order chi connectivity index (χ0) is 17.3. The first-order chi connectivity index (χ1) is 12.1. The highest BCUT2D eigenvalue weighted by atomic mass is 32.2. The fraction of sp³-hybridized carbons (Fsp3) is 0.778. The second-order valence-electron chi connectivity index (χ2n) is 7.69. The second kappa shape index (κ2) is 7.29. The summed E-state index contributed by atoms with van der Waals surface area (Å²) in [5.41, 5.74) is 0. The maximum absolute atomic E-state index is 6.24. The molecule has 1 aromatic rings. The van der Waals surface area contributed by atoms with E-state index in [1.807, 2.05) is 19.0 Å². The molecular formula is C18H28N4O2S. The van der Waals surface area contributed by atoms with Crippen LogP contribution in [0.25, 0.3) is 0 Å². The molecule has 0 aliphatic carbocycles. The predicted molar refractivity (Wildman–Crippen MR) is 102 cm³/mol. The number of hydrogen-bond donors (Lipinski definition) is 0. The quantitative estimate of drug-likeness (QED) is 0.792. The van der Waals surface area contributed by atoms with Gasteiger partial charge in [0.2, 0.25) is 0 Å². The molecule has 138 valence electrons. The predicted octanol–water partition coefficient (Wildman–Crippen LogP) is 2.05. The number of thioether (sulfide) groups is 1. The first-order valence-electron chi connectivity index (χ1n) is 9.21. The Morgan fingerprint density at radius 2 is 2.12 bits per heavy atom. The molecule has 0 saturated carbocycles. The number of hydrogen-bond acceptors (Lipinski definition) is 7. The molecule has 0 N–H and O–H groups in total. The average Bonchev–Trinajstić information content (AvgIpc) is 3.04. The summed E-state index contributed by atoms with van der Waals surface area (Å²) < 4.78 is 12.0. The third-order valence-corrected chi connectivity index (χ3v) is 7.04. The highest BCUT2D eigenvalue weighted by molar-refractivity contribution is 8.01. The number of rotatable bonds is 5. The molecule has 7 heteroatoms. The minimum atomic E-state index is 0.365. The Hall–Kier alpha value is -1.05. The molecule has 6 nitrogen and oxygen atoms in total. The molecule has 1 unspecified atom stereocenters. The lowest BCUT2D eigenvalue weighted by atomic mass is 9.93. The van der Waals surface area contributed by atoms with E-state index in [-0.39, 0.29) is 0 Å². The van der Waals surface area contributed by atoms with Crippen molar-refractivity contribution in [1.82, 2.24) is 9.97 Å². The van der Waals surface area contributed by atoms with Crippen LogP contribution in [-0.2, 0) is 9.47 Å². The average molecular weight is 365 g/mol. The lowest BCUT2D eigenvalue weighted by molar-refractivity contribution is -0.00651. The fourth-order valence-electron chi connectivity index (χ4n) is 3.88. The van der Waals surface area contributed by atoms with Gasteiger partial charge in [-0.2, -0.15) is 0 Å². The van der Waals surface area contributed by atoms with Gasteiger partial charge in [0.15, 0.2) is 0 Å². The highest BCUT2D eigenvalue weighted by Gasteiger charge is 2.50. The summed E-state index contributed by atoms with van der Waals surface area (Å²) in [6, 6.07) is 2.08. The monoisotopic (exact) mass is 364 g/mol. The van der Waals surface area contributed by atoms with Crippen molar-refractivity contribution in [3.63, 3.8) is 0 Å². The molecule has 1 spiro atoms. The van der Waals surface area contributed by atoms with Crippen molar-refractivity contribution in [2.24, 2.45) is 5.92 Å². The normalized spacial score (nSPS) is 26.0. The minimum absolute atomic E-state index is 0.365. The lowest BCUT2D eigenvalue weighted by Gasteiger charge is -2.48. The van der Waals surface area contributed by atoms with Gasteiger partial charge in [-0.05, 0) is 25.2 Å². The summed E-state index contributed by atoms with van der Waals surface area (Å²) in [7, 11) is 4.02. The Balaban J connectivity index is 1.26. The van der Waals surface area contributed by atoms with Gasteiger partial charge in [-0.25, -0.2) is 9.97 Å². The van der Waals surface area contributed by atoms with Gasteiger partial charge in [0.1, 0.15) is 18.0 Å². The maximum Gasteiger partial charge on any atom is 0.134 e. The van der Waals surface area contributed by atoms with E-state index in [2.05, 4.69) is 32.7 Å². The van der Waals surface area contributed by atoms with E-state index >= 15 is 0 Å². The number of nitrogens with zero attached hydrogens (tertiary/aromatic N) is 4. The van der Waals surface area contributed by atoms with Crippen LogP contribution in [-0.4, -0.2) is 73.6 Å². The van der Waals surface area contributed by atoms with Crippen LogP contribution < -0.4 is 9.80 Å². The van der Waals surface area contributed by atoms with Gasteiger partial charge in [-0.3, -0.25) is 0 Å². The maximum atomic E-state index is 6.24. The van der Waals surface area contributed by atoms with Gasteiger partial charge in [-0.1, -0.05) is 0 Å². The molecule has 0 aromatic carbocycles. The third kappa shape index (κ3) is 3.88. The van der Waals surface area contributed by atoms with E-state index in [9.17, 15) is 0 Å². The van der Waals surface area contributed by atoms with E-state index in [0.717, 1.165) is 63.1 Å². The Morgan fingerprint density at radius 3 is 2.88 bits per heavy atom. The van der Waals surface area contributed by atoms with Crippen molar-refractivity contribution in [1.29, 1.82) is 0 Å². The molecule has 0 amide bonds. The van der Waals surface area contributed by atoms with E-state index in [4.69, 9.17) is 9.47 Å². The van der Waals surface area contributed by atoms with Crippen molar-refractivity contribution in [3.05, 3.63) is 12.4 Å². The number of anilines is 2. The van der Waals surface area contributed by atoms with Crippen LogP contribution in [0.15, 0.2) is 12.4 Å². The van der Waals surface area contributed by atoms with E-state index in [1.54, 1.807) is 6.33 Å². The molecule has 25 heavy (non-hydrogen) atoms. The standard InChI is InChI=1S/C18H28N4O2S/c1-21(2)16-7-17(20-13-19-16)22-11-18(12-22)8-15(10-25-18)24-9-14-3-5-23-6-4-14/h7,13-15H,3-6,8-12H2,1-2H3. The Morgan fingerprint density at radius 1 is 1.32 bits per heavy atom. The number of ether oxygens (including phenoxy) is 2. The topological polar surface area (TPSA) is 50.7 Å². The zero-order valence-corrected chi connectivity index (χ0v) is 16.0. The molecule has 3 fully saturated rings. The minimum Gasteiger partial charge on any atom is -0.381 e. The Kier molecular flexibility index (Phi) is 5.06. The fourth-order valence-corrected chi connectivity index (χ4v) is 5.43. The van der Waals surface area contributed by atoms with Gasteiger partial charge in [0.25, 0.3) is 0 Å². The highest BCUT2D eigenvalue weighted by Crippen LogP contribution is 2.47. The van der Waals surface area contributed by atoms with E-state index in [1.165, 1.54) is 6.42 Å². The van der Waals surface area contributed by atoms with Crippen LogP contribution in [0, 0.1) is 5.92 Å². The molecule has 0 radical (unpaired) electrons. The first kappa shape index (κ1) is 17.4. The van der Waals surface area contributed by atoms with Crippen molar-refractivity contribution in [3.8, 4) is 0 Å². The van der Waals surface area contributed by atoms with Gasteiger partial charge in [0, 0.05) is 58.8 Å². The zero-order valence-electron chi connectivity index (χ0n) is 15.2. The Labute approximate surface area is 154 Å². The summed E-state index contributed by atoms with van der Waals surface area (Å²) in [6.45, 7) is 4.85. The van der Waals surface area contributed by atoms with Crippen LogP contribution >= 0.6 is 11.8 Å². The van der Waals surface area contributed by atoms with Crippen molar-refractivity contribution >= 4 is 23.4 Å². The van der Waals surface area contributed by atoms with Gasteiger partial charge < -0.3 is 19.3 Å². The Bertz CT molecular complexity index is 588. The van der Waals surface area contributed by atoms with Crippen molar-refractivity contribution in [2.75, 3.05) is 62.6 Å². The van der Waals surface area contributed by atoms with Gasteiger partial charge >= 0.3 is 0 Å². The van der Waals surface area contributed by atoms with E-state index < -0.39 is 0 Å².